The van der Waals surface area contributed by atoms with Gasteiger partial charge in [-0.15, -0.1) is 0 Å². The molecule has 5 heteroatoms. The van der Waals surface area contributed by atoms with Crippen LogP contribution in [0.25, 0.3) is 0 Å². The Morgan fingerprint density at radius 3 is 2.48 bits per heavy atom. The molecule has 1 atom stereocenters. The van der Waals surface area contributed by atoms with Crippen LogP contribution in [0.5, 0.6) is 5.75 Å². The lowest BCUT2D eigenvalue weighted by molar-refractivity contribution is 0.0940. The summed E-state index contributed by atoms with van der Waals surface area (Å²) in [7, 11) is 1.59. The molecule has 0 fully saturated rings. The van der Waals surface area contributed by atoms with Gasteiger partial charge in [-0.3, -0.25) is 4.79 Å². The van der Waals surface area contributed by atoms with Crippen molar-refractivity contribution in [3.8, 4) is 5.75 Å². The van der Waals surface area contributed by atoms with Gasteiger partial charge in [0.15, 0.2) is 0 Å². The highest BCUT2D eigenvalue weighted by Crippen LogP contribution is 2.26. The Morgan fingerprint density at radius 1 is 1.24 bits per heavy atom. The van der Waals surface area contributed by atoms with Crippen molar-refractivity contribution in [3.05, 3.63) is 63.1 Å². The van der Waals surface area contributed by atoms with Crippen LogP contribution in [0.4, 0.5) is 0 Å². The summed E-state index contributed by atoms with van der Waals surface area (Å²) in [6.07, 6.45) is 0. The highest BCUT2D eigenvalue weighted by atomic mass is 79.9. The SMILES string of the molecule is COc1ccc(C(=O)N[C@@H](C)c2ccc(Cl)cc2)cc1Br. The third-order valence-corrected chi connectivity index (χ3v) is 4.00. The number of methoxy groups -OCH3 is 1. The molecule has 0 aliphatic rings. The molecule has 0 spiro atoms. The van der Waals surface area contributed by atoms with Crippen molar-refractivity contribution in [2.24, 2.45) is 0 Å². The van der Waals surface area contributed by atoms with Crippen LogP contribution < -0.4 is 10.1 Å². The van der Waals surface area contributed by atoms with Crippen LogP contribution in [-0.2, 0) is 0 Å². The number of carbonyl (C=O) groups excluding carboxylic acids is 1. The first-order valence-corrected chi connectivity index (χ1v) is 7.58. The van der Waals surface area contributed by atoms with E-state index < -0.39 is 0 Å². The summed E-state index contributed by atoms with van der Waals surface area (Å²) in [4.78, 5) is 12.2. The van der Waals surface area contributed by atoms with Crippen molar-refractivity contribution in [2.75, 3.05) is 7.11 Å². The fourth-order valence-corrected chi connectivity index (χ4v) is 2.59. The van der Waals surface area contributed by atoms with Gasteiger partial charge in [-0.05, 0) is 58.7 Å². The van der Waals surface area contributed by atoms with E-state index in [1.165, 1.54) is 0 Å². The Kier molecular flexibility index (Phi) is 5.26. The molecule has 0 heterocycles. The maximum Gasteiger partial charge on any atom is 0.251 e. The zero-order valence-corrected chi connectivity index (χ0v) is 14.0. The first-order valence-electron chi connectivity index (χ1n) is 6.41. The summed E-state index contributed by atoms with van der Waals surface area (Å²) in [6.45, 7) is 1.93. The molecule has 2 aromatic rings. The molecule has 110 valence electrons. The predicted octanol–water partition coefficient (Wildman–Crippen LogP) is 4.60. The lowest BCUT2D eigenvalue weighted by atomic mass is 10.1. The molecule has 0 aliphatic carbocycles. The molecule has 2 aromatic carbocycles. The van der Waals surface area contributed by atoms with Gasteiger partial charge < -0.3 is 10.1 Å². The first-order chi connectivity index (χ1) is 10.0. The van der Waals surface area contributed by atoms with Gasteiger partial charge in [-0.2, -0.15) is 0 Å². The minimum absolute atomic E-state index is 0.101. The van der Waals surface area contributed by atoms with Gasteiger partial charge in [0.1, 0.15) is 5.75 Å². The molecule has 1 N–H and O–H groups in total. The number of nitrogens with one attached hydrogen (secondary N) is 1. The van der Waals surface area contributed by atoms with Crippen molar-refractivity contribution >= 4 is 33.4 Å². The van der Waals surface area contributed by atoms with Crippen molar-refractivity contribution in [2.45, 2.75) is 13.0 Å². The number of halogens is 2. The Balaban J connectivity index is 2.10. The van der Waals surface area contributed by atoms with Gasteiger partial charge in [0.2, 0.25) is 0 Å². The highest BCUT2D eigenvalue weighted by Gasteiger charge is 2.13. The van der Waals surface area contributed by atoms with Crippen molar-refractivity contribution < 1.29 is 9.53 Å². The van der Waals surface area contributed by atoms with E-state index in [0.29, 0.717) is 16.3 Å². The van der Waals surface area contributed by atoms with Crippen LogP contribution in [0.1, 0.15) is 28.9 Å². The smallest absolute Gasteiger partial charge is 0.251 e. The number of carbonyl (C=O) groups is 1. The third kappa shape index (κ3) is 3.99. The summed E-state index contributed by atoms with van der Waals surface area (Å²) >= 11 is 9.23. The van der Waals surface area contributed by atoms with Gasteiger partial charge in [0, 0.05) is 10.6 Å². The average Bonchev–Trinajstić information content (AvgIpc) is 2.47. The number of benzene rings is 2. The quantitative estimate of drug-likeness (QED) is 0.856. The minimum atomic E-state index is -0.138. The second-order valence-electron chi connectivity index (χ2n) is 4.60. The van der Waals surface area contributed by atoms with Gasteiger partial charge in [0.05, 0.1) is 17.6 Å². The number of rotatable bonds is 4. The first kappa shape index (κ1) is 15.9. The highest BCUT2D eigenvalue weighted by molar-refractivity contribution is 9.10. The largest absolute Gasteiger partial charge is 0.496 e. The van der Waals surface area contributed by atoms with Crippen LogP contribution >= 0.6 is 27.5 Å². The molecule has 0 bridgehead atoms. The second-order valence-corrected chi connectivity index (χ2v) is 5.89. The van der Waals surface area contributed by atoms with E-state index in [1.807, 2.05) is 31.2 Å². The maximum atomic E-state index is 12.2. The van der Waals surface area contributed by atoms with E-state index in [0.717, 1.165) is 10.0 Å². The van der Waals surface area contributed by atoms with Gasteiger partial charge in [0.25, 0.3) is 5.91 Å². The van der Waals surface area contributed by atoms with Gasteiger partial charge >= 0.3 is 0 Å². The lowest BCUT2D eigenvalue weighted by Gasteiger charge is -2.15. The number of hydrogen-bond donors (Lipinski definition) is 1. The summed E-state index contributed by atoms with van der Waals surface area (Å²) in [6, 6.07) is 12.5. The van der Waals surface area contributed by atoms with Crippen LogP contribution in [0.3, 0.4) is 0 Å². The molecule has 1 amide bonds. The molecule has 2 rings (SSSR count). The summed E-state index contributed by atoms with van der Waals surface area (Å²) in [5, 5.41) is 3.63. The normalized spacial score (nSPS) is 11.8. The Morgan fingerprint density at radius 2 is 1.90 bits per heavy atom. The monoisotopic (exact) mass is 367 g/mol. The van der Waals surface area contributed by atoms with Crippen molar-refractivity contribution in [3.63, 3.8) is 0 Å². The average molecular weight is 369 g/mol. The Hall–Kier alpha value is -1.52. The van der Waals surface area contributed by atoms with Crippen LogP contribution in [0.2, 0.25) is 5.02 Å². The van der Waals surface area contributed by atoms with Gasteiger partial charge in [-0.25, -0.2) is 0 Å². The van der Waals surface area contributed by atoms with E-state index in [4.69, 9.17) is 16.3 Å². The van der Waals surface area contributed by atoms with Crippen molar-refractivity contribution in [1.82, 2.24) is 5.32 Å². The van der Waals surface area contributed by atoms with E-state index in [1.54, 1.807) is 25.3 Å². The predicted molar refractivity (Wildman–Crippen MR) is 88.0 cm³/mol. The molecule has 0 aliphatic heterocycles. The summed E-state index contributed by atoms with van der Waals surface area (Å²) in [5.41, 5.74) is 1.57. The maximum absolute atomic E-state index is 12.2. The standard InChI is InChI=1S/C16H15BrClNO2/c1-10(11-3-6-13(18)7-4-11)19-16(20)12-5-8-15(21-2)14(17)9-12/h3-10H,1-2H3,(H,19,20)/t10-/m0/s1. The molecule has 0 aromatic heterocycles. The lowest BCUT2D eigenvalue weighted by Crippen LogP contribution is -2.26. The fraction of sp³-hybridized carbons (Fsp3) is 0.188. The van der Waals surface area contributed by atoms with Gasteiger partial charge in [-0.1, -0.05) is 23.7 Å². The third-order valence-electron chi connectivity index (χ3n) is 3.13. The van der Waals surface area contributed by atoms with Crippen LogP contribution in [0, 0.1) is 0 Å². The topological polar surface area (TPSA) is 38.3 Å². The minimum Gasteiger partial charge on any atom is -0.496 e. The molecule has 0 saturated heterocycles. The van der Waals surface area contributed by atoms with Crippen LogP contribution in [-0.4, -0.2) is 13.0 Å². The fourth-order valence-electron chi connectivity index (χ4n) is 1.92. The van der Waals surface area contributed by atoms with E-state index in [9.17, 15) is 4.79 Å². The Labute approximate surface area is 137 Å². The van der Waals surface area contributed by atoms with E-state index in [-0.39, 0.29) is 11.9 Å². The molecule has 0 radical (unpaired) electrons. The molecule has 3 nitrogen and oxygen atoms in total. The van der Waals surface area contributed by atoms with E-state index in [2.05, 4.69) is 21.2 Å². The molecule has 0 saturated carbocycles. The molecule has 0 unspecified atom stereocenters. The second kappa shape index (κ2) is 6.96. The summed E-state index contributed by atoms with van der Waals surface area (Å²) in [5.74, 6) is 0.554. The number of hydrogen-bond acceptors (Lipinski definition) is 2. The summed E-state index contributed by atoms with van der Waals surface area (Å²) < 4.78 is 5.90. The Bertz CT molecular complexity index is 643. The molecule has 21 heavy (non-hydrogen) atoms. The van der Waals surface area contributed by atoms with E-state index >= 15 is 0 Å². The molecular formula is C16H15BrClNO2. The zero-order valence-electron chi connectivity index (χ0n) is 11.7. The van der Waals surface area contributed by atoms with Crippen LogP contribution in [0.15, 0.2) is 46.9 Å². The number of ether oxygens (including phenoxy) is 1. The molecular weight excluding hydrogens is 354 g/mol. The zero-order chi connectivity index (χ0) is 15.4. The van der Waals surface area contributed by atoms with Crippen molar-refractivity contribution in [1.29, 1.82) is 0 Å². The number of amides is 1.